The van der Waals surface area contributed by atoms with Gasteiger partial charge in [-0.15, -0.1) is 11.8 Å². The topological polar surface area (TPSA) is 60.2 Å². The first-order chi connectivity index (χ1) is 15.2. The second-order valence-electron chi connectivity index (χ2n) is 6.72. The number of carbonyl (C=O) groups is 1. The van der Waals surface area contributed by atoms with Crippen molar-refractivity contribution in [3.63, 3.8) is 0 Å². The summed E-state index contributed by atoms with van der Waals surface area (Å²) in [5.41, 5.74) is 0.679. The lowest BCUT2D eigenvalue weighted by molar-refractivity contribution is -0.116. The molecule has 0 aliphatic rings. The summed E-state index contributed by atoms with van der Waals surface area (Å²) in [6.45, 7) is 1.32. The molecule has 0 atom stereocenters. The lowest BCUT2D eigenvalue weighted by Crippen LogP contribution is -2.33. The number of hydrogen-bond acceptors (Lipinski definition) is 6. The maximum atomic E-state index is 13.2. The van der Waals surface area contributed by atoms with Crippen LogP contribution in [0.15, 0.2) is 66.1 Å². The molecule has 0 saturated carbocycles. The number of ether oxygens (including phenoxy) is 1. The number of benzene rings is 2. The molecule has 0 unspecified atom stereocenters. The van der Waals surface area contributed by atoms with Gasteiger partial charge in [0, 0.05) is 30.4 Å². The van der Waals surface area contributed by atoms with E-state index in [2.05, 4.69) is 4.98 Å². The number of thioether (sulfide) groups is 1. The minimum absolute atomic E-state index is 0.00799. The van der Waals surface area contributed by atoms with E-state index < -0.39 is 0 Å². The Balaban J connectivity index is 1.57. The molecule has 0 aliphatic carbocycles. The van der Waals surface area contributed by atoms with Crippen molar-refractivity contribution in [3.05, 3.63) is 66.2 Å². The highest BCUT2D eigenvalue weighted by Crippen LogP contribution is 2.39. The molecular formula is C22H21ClN4O2S2. The minimum atomic E-state index is 0.00799. The zero-order valence-electron chi connectivity index (χ0n) is 16.9. The number of rotatable bonds is 9. The van der Waals surface area contributed by atoms with E-state index in [1.165, 1.54) is 23.1 Å². The number of anilines is 1. The molecule has 0 saturated heterocycles. The van der Waals surface area contributed by atoms with E-state index in [1.807, 2.05) is 41.1 Å². The summed E-state index contributed by atoms with van der Waals surface area (Å²) < 4.78 is 8.26. The van der Waals surface area contributed by atoms with Gasteiger partial charge in [-0.25, -0.2) is 9.97 Å². The molecule has 2 aromatic heterocycles. The van der Waals surface area contributed by atoms with Gasteiger partial charge in [0.05, 0.1) is 28.9 Å². The Morgan fingerprint density at radius 3 is 2.84 bits per heavy atom. The smallest absolute Gasteiger partial charge is 0.239 e. The molecule has 1 amide bonds. The largest absolute Gasteiger partial charge is 0.494 e. The summed E-state index contributed by atoms with van der Waals surface area (Å²) in [5, 5.41) is 1.23. The normalized spacial score (nSPS) is 11.0. The van der Waals surface area contributed by atoms with Crippen molar-refractivity contribution in [1.29, 1.82) is 0 Å². The molecule has 4 aromatic rings. The van der Waals surface area contributed by atoms with E-state index in [4.69, 9.17) is 21.3 Å². The molecule has 0 radical (unpaired) electrons. The lowest BCUT2D eigenvalue weighted by Gasteiger charge is -2.20. The highest BCUT2D eigenvalue weighted by atomic mass is 35.5. The second-order valence-corrected chi connectivity index (χ2v) is 9.16. The van der Waals surface area contributed by atoms with Gasteiger partial charge in [-0.3, -0.25) is 9.69 Å². The molecule has 0 N–H and O–H groups in total. The van der Waals surface area contributed by atoms with Gasteiger partial charge >= 0.3 is 0 Å². The number of nitrogens with zero attached hydrogens (tertiary/aromatic N) is 4. The summed E-state index contributed by atoms with van der Waals surface area (Å²) in [5.74, 6) is 0.982. The minimum Gasteiger partial charge on any atom is -0.494 e. The number of thiazole rings is 1. The van der Waals surface area contributed by atoms with Gasteiger partial charge in [0.25, 0.3) is 0 Å². The fourth-order valence-corrected chi connectivity index (χ4v) is 5.21. The number of hydrogen-bond donors (Lipinski definition) is 0. The van der Waals surface area contributed by atoms with Crippen molar-refractivity contribution in [2.45, 2.75) is 17.9 Å². The number of imidazole rings is 1. The SMILES string of the molecule is COc1ccc(Cl)c2sc(N(CCCn3ccnc3)C(=O)CSc3ccccc3)nc12. The van der Waals surface area contributed by atoms with Gasteiger partial charge in [-0.05, 0) is 30.7 Å². The standard InChI is InChI=1S/C22H21ClN4O2S2/c1-29-18-9-8-17(23)21-20(18)25-22(31-21)27(12-5-11-26-13-10-24-15-26)19(28)14-30-16-6-3-2-4-7-16/h2-4,6-10,13,15H,5,11-12,14H2,1H3. The Kier molecular flexibility index (Phi) is 7.11. The number of carbonyl (C=O) groups excluding carboxylic acids is 1. The Bertz CT molecular complexity index is 1150. The predicted molar refractivity (Wildman–Crippen MR) is 128 cm³/mol. The van der Waals surface area contributed by atoms with Gasteiger partial charge in [-0.2, -0.15) is 0 Å². The van der Waals surface area contributed by atoms with Crippen LogP contribution in [-0.4, -0.2) is 39.8 Å². The van der Waals surface area contributed by atoms with Crippen LogP contribution in [0.4, 0.5) is 5.13 Å². The molecule has 0 spiro atoms. The molecule has 0 aliphatic heterocycles. The van der Waals surface area contributed by atoms with Crippen LogP contribution < -0.4 is 9.64 Å². The molecule has 0 fully saturated rings. The van der Waals surface area contributed by atoms with E-state index in [-0.39, 0.29) is 5.91 Å². The maximum Gasteiger partial charge on any atom is 0.239 e. The molecule has 31 heavy (non-hydrogen) atoms. The number of fused-ring (bicyclic) bond motifs is 1. The molecule has 2 aromatic carbocycles. The average Bonchev–Trinajstić information content (AvgIpc) is 3.47. The molecule has 4 rings (SSSR count). The van der Waals surface area contributed by atoms with E-state index >= 15 is 0 Å². The van der Waals surface area contributed by atoms with Gasteiger partial charge in [0.1, 0.15) is 11.3 Å². The molecule has 0 bridgehead atoms. The van der Waals surface area contributed by atoms with Gasteiger partial charge < -0.3 is 9.30 Å². The van der Waals surface area contributed by atoms with E-state index in [1.54, 1.807) is 36.7 Å². The number of aromatic nitrogens is 3. The van der Waals surface area contributed by atoms with E-state index in [0.717, 1.165) is 22.6 Å². The first kappa shape index (κ1) is 21.7. The zero-order chi connectivity index (χ0) is 21.6. The van der Waals surface area contributed by atoms with Gasteiger partial charge in [-0.1, -0.05) is 41.1 Å². The lowest BCUT2D eigenvalue weighted by atomic mass is 10.3. The van der Waals surface area contributed by atoms with Crippen LogP contribution >= 0.6 is 34.7 Å². The Labute approximate surface area is 193 Å². The summed E-state index contributed by atoms with van der Waals surface area (Å²) in [7, 11) is 1.60. The highest BCUT2D eigenvalue weighted by Gasteiger charge is 2.22. The molecule has 2 heterocycles. The first-order valence-electron chi connectivity index (χ1n) is 9.72. The molecular weight excluding hydrogens is 452 g/mol. The number of amides is 1. The summed E-state index contributed by atoms with van der Waals surface area (Å²) >= 11 is 9.33. The van der Waals surface area contributed by atoms with Crippen LogP contribution in [0.25, 0.3) is 10.2 Å². The number of aryl methyl sites for hydroxylation is 1. The van der Waals surface area contributed by atoms with Crippen molar-refractivity contribution < 1.29 is 9.53 Å². The third-order valence-corrected chi connectivity index (χ3v) is 7.20. The third-order valence-electron chi connectivity index (χ3n) is 4.66. The summed E-state index contributed by atoms with van der Waals surface area (Å²) in [6, 6.07) is 13.5. The van der Waals surface area contributed by atoms with E-state index in [9.17, 15) is 4.79 Å². The zero-order valence-corrected chi connectivity index (χ0v) is 19.3. The van der Waals surface area contributed by atoms with Crippen molar-refractivity contribution in [2.24, 2.45) is 0 Å². The van der Waals surface area contributed by atoms with Gasteiger partial charge in [0.15, 0.2) is 5.13 Å². The summed E-state index contributed by atoms with van der Waals surface area (Å²) in [6.07, 6.45) is 6.22. The maximum absolute atomic E-state index is 13.2. The second kappa shape index (κ2) is 10.2. The Morgan fingerprint density at radius 1 is 1.26 bits per heavy atom. The summed E-state index contributed by atoms with van der Waals surface area (Å²) in [4.78, 5) is 24.8. The van der Waals surface area contributed by atoms with Crippen molar-refractivity contribution in [2.75, 3.05) is 24.3 Å². The van der Waals surface area contributed by atoms with Crippen molar-refractivity contribution >= 4 is 56.0 Å². The predicted octanol–water partition coefficient (Wildman–Crippen LogP) is 5.37. The molecule has 9 heteroatoms. The van der Waals surface area contributed by atoms with Crippen LogP contribution in [0, 0.1) is 0 Å². The highest BCUT2D eigenvalue weighted by molar-refractivity contribution is 8.00. The Hall–Kier alpha value is -2.55. The van der Waals surface area contributed by atoms with Gasteiger partial charge in [0.2, 0.25) is 5.91 Å². The third kappa shape index (κ3) is 5.20. The fraction of sp³-hybridized carbons (Fsp3) is 0.227. The number of methoxy groups -OCH3 is 1. The van der Waals surface area contributed by atoms with E-state index in [0.29, 0.717) is 33.7 Å². The van der Waals surface area contributed by atoms with Crippen LogP contribution in [0.5, 0.6) is 5.75 Å². The van der Waals surface area contributed by atoms with Crippen molar-refractivity contribution in [3.8, 4) is 5.75 Å². The first-order valence-corrected chi connectivity index (χ1v) is 11.9. The quantitative estimate of drug-likeness (QED) is 0.306. The van der Waals surface area contributed by atoms with Crippen LogP contribution in [0.2, 0.25) is 5.02 Å². The molecule has 6 nitrogen and oxygen atoms in total. The van der Waals surface area contributed by atoms with Crippen LogP contribution in [-0.2, 0) is 11.3 Å². The number of halogens is 1. The Morgan fingerprint density at radius 2 is 2.10 bits per heavy atom. The monoisotopic (exact) mass is 472 g/mol. The van der Waals surface area contributed by atoms with Crippen LogP contribution in [0.1, 0.15) is 6.42 Å². The average molecular weight is 473 g/mol. The fourth-order valence-electron chi connectivity index (χ4n) is 3.12. The van der Waals surface area contributed by atoms with Crippen LogP contribution in [0.3, 0.4) is 0 Å². The van der Waals surface area contributed by atoms with Crippen molar-refractivity contribution in [1.82, 2.24) is 14.5 Å². The molecule has 160 valence electrons.